The number of benzene rings is 1. The Labute approximate surface area is 203 Å². The van der Waals surface area contributed by atoms with Crippen molar-refractivity contribution in [2.24, 2.45) is 0 Å². The van der Waals surface area contributed by atoms with E-state index in [-0.39, 0.29) is 12.5 Å². The van der Waals surface area contributed by atoms with Gasteiger partial charge in [-0.15, -0.1) is 10.2 Å². The Balaban J connectivity index is 1.43. The van der Waals surface area contributed by atoms with Gasteiger partial charge in [0.1, 0.15) is 5.65 Å². The highest BCUT2D eigenvalue weighted by Gasteiger charge is 2.20. The maximum Gasteiger partial charge on any atom is 0.253 e. The molecule has 1 aliphatic rings. The topological polar surface area (TPSA) is 109 Å². The van der Waals surface area contributed by atoms with E-state index >= 15 is 0 Å². The molecule has 1 aliphatic heterocycles. The number of aromatic amines is 1. The second-order valence-electron chi connectivity index (χ2n) is 9.26. The number of hydrogen-bond acceptors (Lipinski definition) is 7. The highest BCUT2D eigenvalue weighted by molar-refractivity contribution is 6.06. The second kappa shape index (κ2) is 9.97. The molecule has 5 rings (SSSR count). The molecule has 2 N–H and O–H groups in total. The molecular formula is C26H30N6O3. The Bertz CT molecular complexity index is 1340. The van der Waals surface area contributed by atoms with E-state index in [0.717, 1.165) is 49.1 Å². The first-order valence-corrected chi connectivity index (χ1v) is 11.9. The van der Waals surface area contributed by atoms with Gasteiger partial charge in [-0.25, -0.2) is 4.98 Å². The van der Waals surface area contributed by atoms with E-state index in [9.17, 15) is 4.79 Å². The zero-order valence-corrected chi connectivity index (χ0v) is 20.3. The van der Waals surface area contributed by atoms with Gasteiger partial charge in [-0.2, -0.15) is 0 Å². The molecule has 1 amide bonds. The Morgan fingerprint density at radius 2 is 2.00 bits per heavy atom. The van der Waals surface area contributed by atoms with Crippen LogP contribution in [-0.2, 0) is 17.8 Å². The summed E-state index contributed by atoms with van der Waals surface area (Å²) in [5.41, 5.74) is 5.97. The first-order valence-electron chi connectivity index (χ1n) is 11.9. The van der Waals surface area contributed by atoms with Crippen molar-refractivity contribution in [3.05, 3.63) is 65.1 Å². The van der Waals surface area contributed by atoms with Crippen molar-refractivity contribution in [3.8, 4) is 11.1 Å². The molecular weight excluding hydrogens is 444 g/mol. The van der Waals surface area contributed by atoms with E-state index < -0.39 is 0 Å². The number of nitrogens with zero attached hydrogens (tertiary/aromatic N) is 4. The monoisotopic (exact) mass is 474 g/mol. The summed E-state index contributed by atoms with van der Waals surface area (Å²) in [4.78, 5) is 22.8. The van der Waals surface area contributed by atoms with E-state index in [1.165, 1.54) is 11.1 Å². The van der Waals surface area contributed by atoms with Gasteiger partial charge < -0.3 is 24.4 Å². The van der Waals surface area contributed by atoms with Gasteiger partial charge in [-0.1, -0.05) is 12.1 Å². The summed E-state index contributed by atoms with van der Waals surface area (Å²) in [5, 5.41) is 11.3. The number of carbonyl (C=O) groups is 1. The Morgan fingerprint density at radius 3 is 2.74 bits per heavy atom. The number of aromatic nitrogens is 4. The van der Waals surface area contributed by atoms with Gasteiger partial charge in [0.2, 0.25) is 11.8 Å². The molecule has 0 aliphatic carbocycles. The first kappa shape index (κ1) is 23.2. The smallest absolute Gasteiger partial charge is 0.253 e. The first-order chi connectivity index (χ1) is 17.0. The van der Waals surface area contributed by atoms with E-state index in [1.807, 2.05) is 12.3 Å². The van der Waals surface area contributed by atoms with Crippen LogP contribution in [0.25, 0.3) is 22.2 Å². The standard InChI is InChI=1S/C26H30N6O3/c1-16-30-31-24(35-16)14-29-26(33)23-13-28-25-22(23)11-19(12-27-25)18-4-5-21(17-6-8-34-9-7-17)20(10-18)15-32(2)3/h4-5,10-13,17H,6-9,14-15H2,1-3H3,(H,27,28)(H,29,33). The maximum absolute atomic E-state index is 12.9. The molecule has 1 saturated heterocycles. The van der Waals surface area contributed by atoms with Crippen LogP contribution in [0, 0.1) is 6.92 Å². The molecule has 0 bridgehead atoms. The summed E-state index contributed by atoms with van der Waals surface area (Å²) in [6.07, 6.45) is 5.64. The van der Waals surface area contributed by atoms with Gasteiger partial charge in [0.15, 0.2) is 0 Å². The Hall–Kier alpha value is -3.56. The normalized spacial score (nSPS) is 14.6. The number of fused-ring (bicyclic) bond motifs is 1. The fraction of sp³-hybridized carbons (Fsp3) is 0.385. The zero-order valence-electron chi connectivity index (χ0n) is 20.3. The number of pyridine rings is 1. The van der Waals surface area contributed by atoms with Gasteiger partial charge in [0.05, 0.1) is 12.1 Å². The average molecular weight is 475 g/mol. The lowest BCUT2D eigenvalue weighted by Gasteiger charge is -2.26. The molecule has 0 saturated carbocycles. The number of aryl methyl sites for hydroxylation is 1. The molecule has 35 heavy (non-hydrogen) atoms. The second-order valence-corrected chi connectivity index (χ2v) is 9.26. The van der Waals surface area contributed by atoms with Crippen molar-refractivity contribution >= 4 is 16.9 Å². The maximum atomic E-state index is 12.9. The van der Waals surface area contributed by atoms with Gasteiger partial charge in [-0.3, -0.25) is 4.79 Å². The Kier molecular flexibility index (Phi) is 6.61. The number of amides is 1. The van der Waals surface area contributed by atoms with Crippen molar-refractivity contribution in [1.82, 2.24) is 30.4 Å². The number of rotatable bonds is 7. The van der Waals surface area contributed by atoms with Crippen LogP contribution in [-0.4, -0.2) is 58.3 Å². The van der Waals surface area contributed by atoms with Crippen LogP contribution < -0.4 is 5.32 Å². The predicted octanol–water partition coefficient (Wildman–Crippen LogP) is 3.81. The number of hydrogen-bond donors (Lipinski definition) is 2. The lowest BCUT2D eigenvalue weighted by molar-refractivity contribution is 0.0850. The number of H-pyrrole nitrogens is 1. The molecule has 4 heterocycles. The van der Waals surface area contributed by atoms with Gasteiger partial charge in [-0.05, 0) is 61.7 Å². The van der Waals surface area contributed by atoms with Crippen LogP contribution in [0.2, 0.25) is 0 Å². The Morgan fingerprint density at radius 1 is 1.17 bits per heavy atom. The van der Waals surface area contributed by atoms with Crippen LogP contribution in [0.3, 0.4) is 0 Å². The highest BCUT2D eigenvalue weighted by atomic mass is 16.5. The molecule has 0 unspecified atom stereocenters. The molecule has 0 atom stereocenters. The average Bonchev–Trinajstić information content (AvgIpc) is 3.48. The van der Waals surface area contributed by atoms with E-state index in [0.29, 0.717) is 28.9 Å². The molecule has 0 spiro atoms. The fourth-order valence-electron chi connectivity index (χ4n) is 4.68. The van der Waals surface area contributed by atoms with Gasteiger partial charge in [0.25, 0.3) is 5.91 Å². The minimum absolute atomic E-state index is 0.168. The van der Waals surface area contributed by atoms with Crippen molar-refractivity contribution < 1.29 is 13.9 Å². The molecule has 1 fully saturated rings. The SMILES string of the molecule is Cc1nnc(CNC(=O)c2c[nH]c3ncc(-c4ccc(C5CCOCC5)c(CN(C)C)c4)cc23)o1. The van der Waals surface area contributed by atoms with E-state index in [4.69, 9.17) is 9.15 Å². The third-order valence-corrected chi connectivity index (χ3v) is 6.37. The summed E-state index contributed by atoms with van der Waals surface area (Å²) < 4.78 is 10.9. The molecule has 182 valence electrons. The quantitative estimate of drug-likeness (QED) is 0.419. The van der Waals surface area contributed by atoms with E-state index in [2.05, 4.69) is 62.7 Å². The van der Waals surface area contributed by atoms with Gasteiger partial charge in [0, 0.05) is 50.0 Å². The molecule has 9 nitrogen and oxygen atoms in total. The zero-order chi connectivity index (χ0) is 24.4. The van der Waals surface area contributed by atoms with Crippen LogP contribution in [0.15, 0.2) is 41.1 Å². The third kappa shape index (κ3) is 5.11. The summed E-state index contributed by atoms with van der Waals surface area (Å²) >= 11 is 0. The predicted molar refractivity (Wildman–Crippen MR) is 132 cm³/mol. The summed E-state index contributed by atoms with van der Waals surface area (Å²) in [6, 6.07) is 8.70. The molecule has 4 aromatic rings. The summed E-state index contributed by atoms with van der Waals surface area (Å²) in [6.45, 7) is 4.38. The molecule has 3 aromatic heterocycles. The van der Waals surface area contributed by atoms with Crippen molar-refractivity contribution in [1.29, 1.82) is 0 Å². The van der Waals surface area contributed by atoms with Crippen LogP contribution in [0.1, 0.15) is 52.0 Å². The summed E-state index contributed by atoms with van der Waals surface area (Å²) in [7, 11) is 4.18. The molecule has 1 aromatic carbocycles. The van der Waals surface area contributed by atoms with Crippen LogP contribution >= 0.6 is 0 Å². The molecule has 0 radical (unpaired) electrons. The largest absolute Gasteiger partial charge is 0.424 e. The molecule has 9 heteroatoms. The third-order valence-electron chi connectivity index (χ3n) is 6.37. The number of carbonyl (C=O) groups excluding carboxylic acids is 1. The number of nitrogens with one attached hydrogen (secondary N) is 2. The lowest BCUT2D eigenvalue weighted by atomic mass is 9.86. The van der Waals surface area contributed by atoms with E-state index in [1.54, 1.807) is 13.1 Å². The van der Waals surface area contributed by atoms with Crippen LogP contribution in [0.4, 0.5) is 0 Å². The summed E-state index contributed by atoms with van der Waals surface area (Å²) in [5.74, 6) is 1.13. The van der Waals surface area contributed by atoms with Crippen molar-refractivity contribution in [2.75, 3.05) is 27.3 Å². The van der Waals surface area contributed by atoms with Gasteiger partial charge >= 0.3 is 0 Å². The lowest BCUT2D eigenvalue weighted by Crippen LogP contribution is -2.22. The minimum Gasteiger partial charge on any atom is -0.424 e. The minimum atomic E-state index is -0.228. The van der Waals surface area contributed by atoms with Crippen molar-refractivity contribution in [2.45, 2.75) is 38.8 Å². The highest BCUT2D eigenvalue weighted by Crippen LogP contribution is 2.33. The van der Waals surface area contributed by atoms with Crippen LogP contribution in [0.5, 0.6) is 0 Å². The van der Waals surface area contributed by atoms with Crippen molar-refractivity contribution in [3.63, 3.8) is 0 Å². The fourth-order valence-corrected chi connectivity index (χ4v) is 4.68. The number of ether oxygens (including phenoxy) is 1.